The van der Waals surface area contributed by atoms with Crippen LogP contribution in [0.4, 0.5) is 18.9 Å². The third-order valence-electron chi connectivity index (χ3n) is 6.37. The summed E-state index contributed by atoms with van der Waals surface area (Å²) in [4.78, 5) is 2.08. The molecular formula is C23H27F3N2O2S. The Hall–Kier alpha value is -2.06. The minimum absolute atomic E-state index is 0.239. The van der Waals surface area contributed by atoms with E-state index in [1.165, 1.54) is 35.2 Å². The number of hydrogen-bond donors (Lipinski definition) is 0. The van der Waals surface area contributed by atoms with Crippen molar-refractivity contribution in [3.8, 4) is 0 Å². The Morgan fingerprint density at radius 1 is 0.839 bits per heavy atom. The van der Waals surface area contributed by atoms with E-state index in [2.05, 4.69) is 0 Å². The first-order chi connectivity index (χ1) is 14.7. The van der Waals surface area contributed by atoms with E-state index in [-0.39, 0.29) is 18.0 Å². The number of piperazine rings is 1. The highest BCUT2D eigenvalue weighted by atomic mass is 32.2. The molecule has 2 aromatic carbocycles. The van der Waals surface area contributed by atoms with Crippen LogP contribution in [-0.2, 0) is 16.2 Å². The highest BCUT2D eigenvalue weighted by Gasteiger charge is 2.32. The van der Waals surface area contributed by atoms with Gasteiger partial charge in [-0.25, -0.2) is 8.42 Å². The van der Waals surface area contributed by atoms with Gasteiger partial charge in [-0.3, -0.25) is 0 Å². The number of alkyl halides is 3. The summed E-state index contributed by atoms with van der Waals surface area (Å²) in [5.41, 5.74) is 0.967. The molecule has 4 nitrogen and oxygen atoms in total. The number of sulfonamides is 1. The van der Waals surface area contributed by atoms with Gasteiger partial charge in [0.15, 0.2) is 0 Å². The van der Waals surface area contributed by atoms with Crippen molar-refractivity contribution in [3.63, 3.8) is 0 Å². The molecule has 168 valence electrons. The summed E-state index contributed by atoms with van der Waals surface area (Å²) in [5, 5.41) is 0. The lowest BCUT2D eigenvalue weighted by Gasteiger charge is -2.35. The Balaban J connectivity index is 1.42. The monoisotopic (exact) mass is 452 g/mol. The molecule has 0 N–H and O–H groups in total. The van der Waals surface area contributed by atoms with Gasteiger partial charge in [0.25, 0.3) is 0 Å². The molecular weight excluding hydrogens is 425 g/mol. The van der Waals surface area contributed by atoms with Gasteiger partial charge in [0, 0.05) is 31.9 Å². The SMILES string of the molecule is O=S(=O)(c1ccc(C2CCCCC2)cc1)N1CCN(c2cccc(C(F)(F)F)c2)CC1. The number of nitrogens with zero attached hydrogens (tertiary/aromatic N) is 2. The number of rotatable bonds is 4. The first-order valence-corrected chi connectivity index (χ1v) is 12.2. The molecule has 0 bridgehead atoms. The lowest BCUT2D eigenvalue weighted by molar-refractivity contribution is -0.137. The summed E-state index contributed by atoms with van der Waals surface area (Å²) >= 11 is 0. The van der Waals surface area contributed by atoms with Crippen LogP contribution in [0.1, 0.15) is 49.1 Å². The van der Waals surface area contributed by atoms with Crippen LogP contribution in [-0.4, -0.2) is 38.9 Å². The molecule has 2 fully saturated rings. The highest BCUT2D eigenvalue weighted by molar-refractivity contribution is 7.89. The van der Waals surface area contributed by atoms with Gasteiger partial charge in [0.1, 0.15) is 0 Å². The standard InChI is InChI=1S/C23H27F3N2O2S/c24-23(25,26)20-7-4-8-21(17-20)27-13-15-28(16-14-27)31(29,30)22-11-9-19(10-12-22)18-5-2-1-3-6-18/h4,7-12,17-18H,1-3,5-6,13-16H2. The van der Waals surface area contributed by atoms with Gasteiger partial charge in [-0.2, -0.15) is 17.5 Å². The fraction of sp³-hybridized carbons (Fsp3) is 0.478. The molecule has 0 aromatic heterocycles. The second-order valence-corrected chi connectivity index (χ2v) is 10.3. The van der Waals surface area contributed by atoms with Crippen LogP contribution in [0.25, 0.3) is 0 Å². The minimum Gasteiger partial charge on any atom is -0.369 e. The fourth-order valence-electron chi connectivity index (χ4n) is 4.56. The van der Waals surface area contributed by atoms with E-state index in [0.717, 1.165) is 25.0 Å². The summed E-state index contributed by atoms with van der Waals surface area (Å²) in [5.74, 6) is 0.515. The van der Waals surface area contributed by atoms with E-state index in [0.29, 0.717) is 24.7 Å². The Labute approximate surface area is 181 Å². The number of benzene rings is 2. The van der Waals surface area contributed by atoms with Crippen molar-refractivity contribution in [2.45, 2.75) is 49.1 Å². The summed E-state index contributed by atoms with van der Waals surface area (Å²) in [6.07, 6.45) is 1.63. The summed E-state index contributed by atoms with van der Waals surface area (Å²) < 4.78 is 66.5. The van der Waals surface area contributed by atoms with E-state index >= 15 is 0 Å². The Morgan fingerprint density at radius 2 is 1.48 bits per heavy atom. The Kier molecular flexibility index (Phi) is 6.30. The average molecular weight is 453 g/mol. The normalized spacial score (nSPS) is 19.5. The molecule has 2 aliphatic rings. The first-order valence-electron chi connectivity index (χ1n) is 10.8. The number of halogens is 3. The zero-order valence-electron chi connectivity index (χ0n) is 17.3. The van der Waals surface area contributed by atoms with Gasteiger partial charge in [-0.15, -0.1) is 0 Å². The molecule has 0 unspecified atom stereocenters. The van der Waals surface area contributed by atoms with Crippen molar-refractivity contribution < 1.29 is 21.6 Å². The maximum Gasteiger partial charge on any atom is 0.416 e. The van der Waals surface area contributed by atoms with Crippen molar-refractivity contribution in [3.05, 3.63) is 59.7 Å². The summed E-state index contributed by atoms with van der Waals surface area (Å²) in [7, 11) is -3.62. The fourth-order valence-corrected chi connectivity index (χ4v) is 5.98. The van der Waals surface area contributed by atoms with Crippen molar-refractivity contribution >= 4 is 15.7 Å². The predicted octanol–water partition coefficient (Wildman–Crippen LogP) is 5.26. The van der Waals surface area contributed by atoms with Crippen LogP contribution in [0.15, 0.2) is 53.4 Å². The van der Waals surface area contributed by atoms with Crippen LogP contribution < -0.4 is 4.90 Å². The van der Waals surface area contributed by atoms with E-state index in [1.807, 2.05) is 12.1 Å². The van der Waals surface area contributed by atoms with Crippen LogP contribution in [0.3, 0.4) is 0 Å². The van der Waals surface area contributed by atoms with Crippen molar-refractivity contribution in [1.82, 2.24) is 4.31 Å². The number of anilines is 1. The minimum atomic E-state index is -4.40. The van der Waals surface area contributed by atoms with Crippen LogP contribution >= 0.6 is 0 Å². The summed E-state index contributed by atoms with van der Waals surface area (Å²) in [6.45, 7) is 1.17. The number of hydrogen-bond acceptors (Lipinski definition) is 3. The molecule has 2 aromatic rings. The topological polar surface area (TPSA) is 40.6 Å². The highest BCUT2D eigenvalue weighted by Crippen LogP contribution is 2.34. The van der Waals surface area contributed by atoms with Gasteiger partial charge >= 0.3 is 6.18 Å². The smallest absolute Gasteiger partial charge is 0.369 e. The summed E-state index contributed by atoms with van der Waals surface area (Å²) in [6, 6.07) is 12.4. The third-order valence-corrected chi connectivity index (χ3v) is 8.28. The second-order valence-electron chi connectivity index (χ2n) is 8.34. The maximum absolute atomic E-state index is 13.1. The molecule has 1 aliphatic carbocycles. The van der Waals surface area contributed by atoms with Crippen LogP contribution in [0.5, 0.6) is 0 Å². The molecule has 0 spiro atoms. The van der Waals surface area contributed by atoms with Gasteiger partial charge in [0.2, 0.25) is 10.0 Å². The molecule has 1 aliphatic heterocycles. The lowest BCUT2D eigenvalue weighted by Crippen LogP contribution is -2.48. The van der Waals surface area contributed by atoms with Crippen molar-refractivity contribution in [1.29, 1.82) is 0 Å². The predicted molar refractivity (Wildman–Crippen MR) is 115 cm³/mol. The van der Waals surface area contributed by atoms with Crippen LogP contribution in [0, 0.1) is 0 Å². The quantitative estimate of drug-likeness (QED) is 0.635. The van der Waals surface area contributed by atoms with Gasteiger partial charge in [-0.1, -0.05) is 37.5 Å². The third kappa shape index (κ3) is 4.90. The van der Waals surface area contributed by atoms with Crippen molar-refractivity contribution in [2.75, 3.05) is 31.1 Å². The first kappa shape index (κ1) is 22.1. The zero-order valence-corrected chi connectivity index (χ0v) is 18.1. The maximum atomic E-state index is 13.1. The Bertz CT molecular complexity index is 992. The van der Waals surface area contributed by atoms with Gasteiger partial charge in [-0.05, 0) is 54.7 Å². The van der Waals surface area contributed by atoms with E-state index in [4.69, 9.17) is 0 Å². The zero-order chi connectivity index (χ0) is 22.1. The van der Waals surface area contributed by atoms with Gasteiger partial charge < -0.3 is 4.90 Å². The molecule has 1 saturated heterocycles. The van der Waals surface area contributed by atoms with Crippen LogP contribution in [0.2, 0.25) is 0 Å². The Morgan fingerprint density at radius 3 is 2.10 bits per heavy atom. The largest absolute Gasteiger partial charge is 0.416 e. The van der Waals surface area contributed by atoms with E-state index in [9.17, 15) is 21.6 Å². The van der Waals surface area contributed by atoms with E-state index in [1.54, 1.807) is 23.1 Å². The molecule has 0 atom stereocenters. The van der Waals surface area contributed by atoms with E-state index < -0.39 is 21.8 Å². The molecule has 8 heteroatoms. The molecule has 0 radical (unpaired) electrons. The van der Waals surface area contributed by atoms with Gasteiger partial charge in [0.05, 0.1) is 10.5 Å². The second kappa shape index (κ2) is 8.82. The van der Waals surface area contributed by atoms with Crippen molar-refractivity contribution in [2.24, 2.45) is 0 Å². The molecule has 1 saturated carbocycles. The molecule has 31 heavy (non-hydrogen) atoms. The molecule has 4 rings (SSSR count). The molecule has 0 amide bonds. The lowest BCUT2D eigenvalue weighted by atomic mass is 9.84. The average Bonchev–Trinajstić information content (AvgIpc) is 2.79. The molecule has 1 heterocycles.